The van der Waals surface area contributed by atoms with Gasteiger partial charge >= 0.3 is 0 Å². The van der Waals surface area contributed by atoms with Crippen LogP contribution in [0.3, 0.4) is 0 Å². The van der Waals surface area contributed by atoms with Crippen molar-refractivity contribution in [3.05, 3.63) is 29.3 Å². The largest absolute Gasteiger partial charge is 0.313 e. The Labute approximate surface area is 122 Å². The Balaban J connectivity index is 2.04. The minimum atomic E-state index is 0.707. The Kier molecular flexibility index (Phi) is 5.77. The second kappa shape index (κ2) is 7.35. The van der Waals surface area contributed by atoms with Crippen molar-refractivity contribution < 1.29 is 0 Å². The van der Waals surface area contributed by atoms with Crippen molar-refractivity contribution in [3.63, 3.8) is 0 Å². The predicted octanol–water partition coefficient (Wildman–Crippen LogP) is 4.71. The highest BCUT2D eigenvalue weighted by atomic mass is 32.2. The molecule has 1 fully saturated rings. The summed E-state index contributed by atoms with van der Waals surface area (Å²) in [5, 5.41) is 4.51. The summed E-state index contributed by atoms with van der Waals surface area (Å²) in [5.74, 6) is 0. The van der Waals surface area contributed by atoms with Gasteiger partial charge < -0.3 is 5.32 Å². The molecule has 1 aromatic carbocycles. The summed E-state index contributed by atoms with van der Waals surface area (Å²) in [6, 6.07) is 7.53. The van der Waals surface area contributed by atoms with E-state index in [0.717, 1.165) is 11.8 Å². The van der Waals surface area contributed by atoms with Crippen LogP contribution in [0.4, 0.5) is 0 Å². The molecular weight excluding hydrogens is 250 g/mol. The quantitative estimate of drug-likeness (QED) is 0.836. The fourth-order valence-corrected chi connectivity index (χ4v) is 4.31. The molecule has 19 heavy (non-hydrogen) atoms. The summed E-state index contributed by atoms with van der Waals surface area (Å²) >= 11 is 2.10. The molecule has 1 N–H and O–H groups in total. The molecule has 0 spiro atoms. The second-order valence-corrected chi connectivity index (χ2v) is 7.05. The molecule has 0 aliphatic heterocycles. The van der Waals surface area contributed by atoms with E-state index in [1.807, 2.05) is 0 Å². The monoisotopic (exact) mass is 277 g/mol. The van der Waals surface area contributed by atoms with E-state index < -0.39 is 0 Å². The fourth-order valence-electron chi connectivity index (χ4n) is 2.80. The maximum atomic E-state index is 3.75. The fraction of sp³-hybridized carbons (Fsp3) is 0.647. The first-order valence-corrected chi connectivity index (χ1v) is 8.56. The molecule has 1 saturated carbocycles. The molecule has 0 radical (unpaired) electrons. The molecule has 2 rings (SSSR count). The van der Waals surface area contributed by atoms with Gasteiger partial charge in [0.2, 0.25) is 0 Å². The van der Waals surface area contributed by atoms with Crippen LogP contribution in [0, 0.1) is 13.8 Å². The minimum absolute atomic E-state index is 0.707. The normalized spacial score (nSPS) is 23.5. The van der Waals surface area contributed by atoms with Crippen LogP contribution < -0.4 is 5.32 Å². The smallest absolute Gasteiger partial charge is 0.0248 e. The molecule has 0 saturated heterocycles. The lowest BCUT2D eigenvalue weighted by Crippen LogP contribution is -2.40. The first kappa shape index (κ1) is 14.9. The summed E-state index contributed by atoms with van der Waals surface area (Å²) in [5.41, 5.74) is 2.80. The van der Waals surface area contributed by atoms with E-state index in [1.54, 1.807) is 0 Å². The summed E-state index contributed by atoms with van der Waals surface area (Å²) in [7, 11) is 0. The van der Waals surface area contributed by atoms with E-state index in [-0.39, 0.29) is 0 Å². The van der Waals surface area contributed by atoms with Gasteiger partial charge in [-0.1, -0.05) is 37.5 Å². The van der Waals surface area contributed by atoms with Gasteiger partial charge in [0.15, 0.2) is 0 Å². The number of nitrogens with one attached hydrogen (secondary N) is 1. The van der Waals surface area contributed by atoms with Crippen LogP contribution in [0.2, 0.25) is 0 Å². The van der Waals surface area contributed by atoms with Gasteiger partial charge in [-0.15, -0.1) is 11.8 Å². The first-order chi connectivity index (χ1) is 9.20. The van der Waals surface area contributed by atoms with Crippen LogP contribution >= 0.6 is 11.8 Å². The molecule has 1 aliphatic carbocycles. The maximum absolute atomic E-state index is 3.75. The molecule has 0 bridgehead atoms. The van der Waals surface area contributed by atoms with Crippen molar-refractivity contribution in [1.82, 2.24) is 5.32 Å². The molecule has 2 unspecified atom stereocenters. The van der Waals surface area contributed by atoms with Crippen LogP contribution in [-0.2, 0) is 0 Å². The van der Waals surface area contributed by atoms with E-state index >= 15 is 0 Å². The van der Waals surface area contributed by atoms with Gasteiger partial charge in [-0.2, -0.15) is 0 Å². The predicted molar refractivity (Wildman–Crippen MR) is 86.1 cm³/mol. The van der Waals surface area contributed by atoms with E-state index in [1.165, 1.54) is 48.1 Å². The van der Waals surface area contributed by atoms with Crippen molar-refractivity contribution in [2.75, 3.05) is 6.54 Å². The van der Waals surface area contributed by atoms with E-state index in [9.17, 15) is 0 Å². The van der Waals surface area contributed by atoms with E-state index in [2.05, 4.69) is 56.0 Å². The van der Waals surface area contributed by atoms with E-state index in [4.69, 9.17) is 0 Å². The summed E-state index contributed by atoms with van der Waals surface area (Å²) in [6.45, 7) is 7.84. The number of hydrogen-bond donors (Lipinski definition) is 1. The SMILES string of the molecule is CCCNC1CCCCC1Sc1cc(C)ccc1C. The zero-order valence-electron chi connectivity index (χ0n) is 12.5. The number of thioether (sulfide) groups is 1. The number of benzene rings is 1. The lowest BCUT2D eigenvalue weighted by molar-refractivity contribution is 0.384. The molecule has 106 valence electrons. The number of hydrogen-bond acceptors (Lipinski definition) is 2. The molecule has 1 aromatic rings. The zero-order valence-corrected chi connectivity index (χ0v) is 13.4. The Morgan fingerprint density at radius 1 is 1.21 bits per heavy atom. The molecular formula is C17H27NS. The third-order valence-corrected chi connectivity index (χ3v) is 5.54. The highest BCUT2D eigenvalue weighted by Crippen LogP contribution is 2.35. The van der Waals surface area contributed by atoms with Crippen molar-refractivity contribution in [3.8, 4) is 0 Å². The highest BCUT2D eigenvalue weighted by molar-refractivity contribution is 8.00. The Morgan fingerprint density at radius 3 is 2.79 bits per heavy atom. The van der Waals surface area contributed by atoms with Gasteiger partial charge in [-0.25, -0.2) is 0 Å². The summed E-state index contributed by atoms with van der Waals surface area (Å²) in [6.07, 6.45) is 6.73. The van der Waals surface area contributed by atoms with Crippen LogP contribution in [0.25, 0.3) is 0 Å². The van der Waals surface area contributed by atoms with Gasteiger partial charge in [-0.05, 0) is 51.3 Å². The van der Waals surface area contributed by atoms with Crippen LogP contribution in [0.1, 0.15) is 50.2 Å². The van der Waals surface area contributed by atoms with Crippen LogP contribution in [0.15, 0.2) is 23.1 Å². The van der Waals surface area contributed by atoms with Gasteiger partial charge in [0, 0.05) is 16.2 Å². The summed E-state index contributed by atoms with van der Waals surface area (Å²) < 4.78 is 0. The topological polar surface area (TPSA) is 12.0 Å². The van der Waals surface area contributed by atoms with Gasteiger partial charge in [0.1, 0.15) is 0 Å². The molecule has 0 aromatic heterocycles. The molecule has 0 heterocycles. The minimum Gasteiger partial charge on any atom is -0.313 e. The molecule has 1 nitrogen and oxygen atoms in total. The van der Waals surface area contributed by atoms with Gasteiger partial charge in [-0.3, -0.25) is 0 Å². The van der Waals surface area contributed by atoms with E-state index in [0.29, 0.717) is 6.04 Å². The first-order valence-electron chi connectivity index (χ1n) is 7.68. The Bertz CT molecular complexity index is 402. The Hall–Kier alpha value is -0.470. The number of rotatable bonds is 5. The van der Waals surface area contributed by atoms with Crippen LogP contribution in [0.5, 0.6) is 0 Å². The third-order valence-electron chi connectivity index (χ3n) is 3.98. The van der Waals surface area contributed by atoms with Gasteiger partial charge in [0.25, 0.3) is 0 Å². The highest BCUT2D eigenvalue weighted by Gasteiger charge is 2.25. The third kappa shape index (κ3) is 4.25. The zero-order chi connectivity index (χ0) is 13.7. The van der Waals surface area contributed by atoms with Crippen molar-refractivity contribution in [2.24, 2.45) is 0 Å². The lowest BCUT2D eigenvalue weighted by Gasteiger charge is -2.32. The second-order valence-electron chi connectivity index (χ2n) is 5.77. The van der Waals surface area contributed by atoms with Crippen molar-refractivity contribution in [1.29, 1.82) is 0 Å². The molecule has 2 atom stereocenters. The Morgan fingerprint density at radius 2 is 2.00 bits per heavy atom. The molecule has 1 aliphatic rings. The average molecular weight is 277 g/mol. The maximum Gasteiger partial charge on any atom is 0.0248 e. The van der Waals surface area contributed by atoms with Crippen molar-refractivity contribution in [2.45, 2.75) is 69.1 Å². The standard InChI is InChI=1S/C17H27NS/c1-4-11-18-15-7-5-6-8-16(15)19-17-12-13(2)9-10-14(17)3/h9-10,12,15-16,18H,4-8,11H2,1-3H3. The average Bonchev–Trinajstić information content (AvgIpc) is 2.42. The van der Waals surface area contributed by atoms with Crippen molar-refractivity contribution >= 4 is 11.8 Å². The lowest BCUT2D eigenvalue weighted by atomic mass is 9.95. The summed E-state index contributed by atoms with van der Waals surface area (Å²) in [4.78, 5) is 1.48. The van der Waals surface area contributed by atoms with Gasteiger partial charge in [0.05, 0.1) is 0 Å². The molecule has 2 heteroatoms. The number of aryl methyl sites for hydroxylation is 2. The van der Waals surface area contributed by atoms with Crippen LogP contribution in [-0.4, -0.2) is 17.8 Å². The molecule has 0 amide bonds.